The smallest absolute Gasteiger partial charge is 0.279 e. The lowest BCUT2D eigenvalue weighted by Gasteiger charge is -2.50. The van der Waals surface area contributed by atoms with Gasteiger partial charge in [0.15, 0.2) is 6.04 Å². The van der Waals surface area contributed by atoms with Gasteiger partial charge in [0, 0.05) is 12.8 Å². The molecule has 1 saturated heterocycles. The average Bonchev–Trinajstić information content (AvgIpc) is 2.99. The first-order valence-electron chi connectivity index (χ1n) is 9.05. The number of nitrogens with zero attached hydrogens (tertiary/aromatic N) is 1. The average molecular weight is 316 g/mol. The van der Waals surface area contributed by atoms with Crippen molar-refractivity contribution in [2.24, 2.45) is 0 Å². The van der Waals surface area contributed by atoms with E-state index in [1.54, 1.807) is 0 Å². The van der Waals surface area contributed by atoms with Crippen LogP contribution in [0.1, 0.15) is 63.5 Å². The molecule has 126 valence electrons. The molecule has 2 fully saturated rings. The monoisotopic (exact) mass is 316 g/mol. The van der Waals surface area contributed by atoms with Crippen molar-refractivity contribution in [3.63, 3.8) is 0 Å². The van der Waals surface area contributed by atoms with Gasteiger partial charge < -0.3 is 15.2 Å². The second-order valence-corrected chi connectivity index (χ2v) is 7.17. The van der Waals surface area contributed by atoms with E-state index in [0.717, 1.165) is 44.1 Å². The van der Waals surface area contributed by atoms with Crippen molar-refractivity contribution >= 4 is 5.91 Å². The van der Waals surface area contributed by atoms with Crippen molar-refractivity contribution in [1.82, 2.24) is 5.32 Å². The van der Waals surface area contributed by atoms with Crippen molar-refractivity contribution in [2.45, 2.75) is 70.0 Å². The minimum Gasteiger partial charge on any atom is -0.632 e. The Morgan fingerprint density at radius 1 is 1.13 bits per heavy atom. The summed E-state index contributed by atoms with van der Waals surface area (Å²) >= 11 is 0. The molecule has 0 spiro atoms. The number of carbonyl (C=O) groups excluding carboxylic acids is 1. The number of hydroxylamine groups is 3. The highest BCUT2D eigenvalue weighted by atomic mass is 16.6. The van der Waals surface area contributed by atoms with Crippen LogP contribution in [-0.2, 0) is 4.79 Å². The fraction of sp³-hybridized carbons (Fsp3) is 0.632. The van der Waals surface area contributed by atoms with E-state index in [-0.39, 0.29) is 22.6 Å². The maximum atomic E-state index is 13.4. The predicted molar refractivity (Wildman–Crippen MR) is 91.4 cm³/mol. The van der Waals surface area contributed by atoms with Crippen LogP contribution in [-0.4, -0.2) is 29.2 Å². The molecule has 1 aromatic rings. The topological polar surface area (TPSA) is 52.2 Å². The van der Waals surface area contributed by atoms with Crippen LogP contribution in [0.5, 0.6) is 0 Å². The highest BCUT2D eigenvalue weighted by Gasteiger charge is 2.45. The van der Waals surface area contributed by atoms with Crippen molar-refractivity contribution in [1.29, 1.82) is 0 Å². The summed E-state index contributed by atoms with van der Waals surface area (Å²) in [5.41, 5.74) is 1.08. The molecule has 0 radical (unpaired) electrons. The molecule has 4 heteroatoms. The molecule has 0 bridgehead atoms. The van der Waals surface area contributed by atoms with Crippen LogP contribution in [0.2, 0.25) is 0 Å². The molecule has 1 aliphatic heterocycles. The van der Waals surface area contributed by atoms with Crippen LogP contribution in [0, 0.1) is 5.21 Å². The first-order valence-corrected chi connectivity index (χ1v) is 9.05. The van der Waals surface area contributed by atoms with E-state index in [9.17, 15) is 10.0 Å². The van der Waals surface area contributed by atoms with E-state index in [1.807, 2.05) is 37.3 Å². The molecule has 1 saturated carbocycles. The number of amides is 1. The van der Waals surface area contributed by atoms with Gasteiger partial charge >= 0.3 is 0 Å². The summed E-state index contributed by atoms with van der Waals surface area (Å²) < 4.78 is -0.270. The van der Waals surface area contributed by atoms with E-state index in [1.165, 1.54) is 6.42 Å². The zero-order valence-electron chi connectivity index (χ0n) is 14.0. The lowest BCUT2D eigenvalue weighted by molar-refractivity contribution is -0.909. The second-order valence-electron chi connectivity index (χ2n) is 7.17. The van der Waals surface area contributed by atoms with Gasteiger partial charge in [0.2, 0.25) is 0 Å². The lowest BCUT2D eigenvalue weighted by Crippen LogP contribution is -2.59. The zero-order valence-corrected chi connectivity index (χ0v) is 14.0. The highest BCUT2D eigenvalue weighted by molar-refractivity contribution is 5.81. The first kappa shape index (κ1) is 16.5. The summed E-state index contributed by atoms with van der Waals surface area (Å²) in [6.07, 6.45) is 7.09. The third-order valence-corrected chi connectivity index (χ3v) is 5.67. The van der Waals surface area contributed by atoms with Crippen LogP contribution in [0.3, 0.4) is 0 Å². The molecule has 1 amide bonds. The maximum Gasteiger partial charge on any atom is 0.279 e. The largest absolute Gasteiger partial charge is 0.632 e. The van der Waals surface area contributed by atoms with Crippen LogP contribution in [0.4, 0.5) is 0 Å². The number of quaternary nitrogens is 1. The number of benzene rings is 1. The van der Waals surface area contributed by atoms with Gasteiger partial charge in [-0.2, -0.15) is 0 Å². The number of hydrogen-bond donors (Lipinski definition) is 1. The molecule has 23 heavy (non-hydrogen) atoms. The Morgan fingerprint density at radius 2 is 1.83 bits per heavy atom. The van der Waals surface area contributed by atoms with E-state index in [2.05, 4.69) is 5.32 Å². The molecule has 1 N–H and O–H groups in total. The Morgan fingerprint density at radius 3 is 2.52 bits per heavy atom. The van der Waals surface area contributed by atoms with E-state index < -0.39 is 6.04 Å². The molecular weight excluding hydrogens is 288 g/mol. The number of likely N-dealkylation sites (tertiary alicyclic amines) is 1. The van der Waals surface area contributed by atoms with Crippen LogP contribution < -0.4 is 5.32 Å². The third kappa shape index (κ3) is 3.43. The maximum absolute atomic E-state index is 13.4. The number of rotatable bonds is 4. The number of carbonyl (C=O) groups is 1. The Balaban J connectivity index is 1.68. The fourth-order valence-corrected chi connectivity index (χ4v) is 4.33. The van der Waals surface area contributed by atoms with Gasteiger partial charge in [-0.05, 0) is 38.2 Å². The van der Waals surface area contributed by atoms with Gasteiger partial charge in [0.25, 0.3) is 5.91 Å². The first-order chi connectivity index (χ1) is 11.1. The Bertz CT molecular complexity index is 527. The Labute approximate surface area is 139 Å². The van der Waals surface area contributed by atoms with E-state index in [4.69, 9.17) is 0 Å². The van der Waals surface area contributed by atoms with Crippen molar-refractivity contribution < 1.29 is 9.44 Å². The van der Waals surface area contributed by atoms with Crippen molar-refractivity contribution in [2.75, 3.05) is 6.54 Å². The SMILES string of the molecule is C[C@@H](NC(=O)[C@@H]1CCC[N@@+]1([O-])C1CCCCC1)c1ccccc1. The zero-order chi connectivity index (χ0) is 16.3. The minimum absolute atomic E-state index is 0.0518. The van der Waals surface area contributed by atoms with Gasteiger partial charge in [-0.15, -0.1) is 0 Å². The summed E-state index contributed by atoms with van der Waals surface area (Å²) in [5.74, 6) is -0.0561. The second kappa shape index (κ2) is 7.02. The Kier molecular flexibility index (Phi) is 5.02. The molecule has 2 aliphatic rings. The highest BCUT2D eigenvalue weighted by Crippen LogP contribution is 2.36. The molecule has 4 nitrogen and oxygen atoms in total. The molecule has 1 aliphatic carbocycles. The molecule has 3 rings (SSSR count). The molecule has 3 atom stereocenters. The van der Waals surface area contributed by atoms with E-state index in [0.29, 0.717) is 6.54 Å². The normalized spacial score (nSPS) is 30.1. The van der Waals surface area contributed by atoms with Gasteiger partial charge in [0.05, 0.1) is 18.6 Å². The molecule has 0 unspecified atom stereocenters. The summed E-state index contributed by atoms with van der Waals surface area (Å²) in [6.45, 7) is 2.60. The standard InChI is InChI=1S/C19H28N2O2/c1-15(16-9-4-2-5-10-16)20-19(22)18-13-8-14-21(18,23)17-11-6-3-7-12-17/h2,4-5,9-10,15,17-18H,3,6-8,11-14H2,1H3,(H,20,22)/t15-,18+,21-/m1/s1. The van der Waals surface area contributed by atoms with Gasteiger partial charge in [-0.25, -0.2) is 0 Å². The summed E-state index contributed by atoms with van der Waals surface area (Å²) in [6, 6.07) is 9.62. The minimum atomic E-state index is -0.413. The molecule has 1 heterocycles. The summed E-state index contributed by atoms with van der Waals surface area (Å²) in [5, 5.41) is 16.5. The van der Waals surface area contributed by atoms with Gasteiger partial charge in [-0.3, -0.25) is 4.79 Å². The number of nitrogens with one attached hydrogen (secondary N) is 1. The molecular formula is C19H28N2O2. The van der Waals surface area contributed by atoms with Crippen LogP contribution >= 0.6 is 0 Å². The summed E-state index contributed by atoms with van der Waals surface area (Å²) in [7, 11) is 0. The van der Waals surface area contributed by atoms with Crippen molar-refractivity contribution in [3.05, 3.63) is 41.1 Å². The van der Waals surface area contributed by atoms with Gasteiger partial charge in [-0.1, -0.05) is 36.8 Å². The Hall–Kier alpha value is -1.39. The van der Waals surface area contributed by atoms with Crippen LogP contribution in [0.25, 0.3) is 0 Å². The molecule has 1 aromatic carbocycles. The predicted octanol–water partition coefficient (Wildman–Crippen LogP) is 3.67. The quantitative estimate of drug-likeness (QED) is 0.680. The fourth-order valence-electron chi connectivity index (χ4n) is 4.33. The van der Waals surface area contributed by atoms with Gasteiger partial charge in [0.1, 0.15) is 0 Å². The lowest BCUT2D eigenvalue weighted by atomic mass is 9.93. The third-order valence-electron chi connectivity index (χ3n) is 5.67. The number of hydrogen-bond acceptors (Lipinski definition) is 2. The molecule has 0 aromatic heterocycles. The van der Waals surface area contributed by atoms with E-state index >= 15 is 0 Å². The van der Waals surface area contributed by atoms with Crippen molar-refractivity contribution in [3.8, 4) is 0 Å². The summed E-state index contributed by atoms with van der Waals surface area (Å²) in [4.78, 5) is 12.8. The van der Waals surface area contributed by atoms with Crippen LogP contribution in [0.15, 0.2) is 30.3 Å².